The number of fused-ring (bicyclic) bond motifs is 4. The molecule has 1 unspecified atom stereocenters. The number of rotatable bonds is 8. The third-order valence-electron chi connectivity index (χ3n) is 9.77. The van der Waals surface area contributed by atoms with Gasteiger partial charge in [0.15, 0.2) is 0 Å². The van der Waals surface area contributed by atoms with Crippen LogP contribution in [0.3, 0.4) is 0 Å². The van der Waals surface area contributed by atoms with Crippen LogP contribution in [0.25, 0.3) is 21.9 Å². The maximum atomic E-state index is 5.45. The average Bonchev–Trinajstić information content (AvgIpc) is 3.59. The fourth-order valence-electron chi connectivity index (χ4n) is 7.73. The Morgan fingerprint density at radius 3 is 2.69 bits per heavy atom. The van der Waals surface area contributed by atoms with Crippen LogP contribution in [0.2, 0.25) is 0 Å². The molecule has 7 rings (SSSR count). The lowest BCUT2D eigenvalue weighted by atomic mass is 9.68. The zero-order valence-corrected chi connectivity index (χ0v) is 26.9. The Bertz CT molecular complexity index is 1960. The number of hydrogen-bond donors (Lipinski definition) is 0. The molecular weight excluding hydrogens is 544 g/mol. The maximum Gasteiger partial charge on any atom is 0.146 e. The summed E-state index contributed by atoms with van der Waals surface area (Å²) in [4.78, 5) is 10.1. The summed E-state index contributed by atoms with van der Waals surface area (Å²) < 4.78 is 0. The van der Waals surface area contributed by atoms with E-state index in [2.05, 4.69) is 123 Å². The van der Waals surface area contributed by atoms with Crippen molar-refractivity contribution in [2.24, 2.45) is 9.98 Å². The van der Waals surface area contributed by atoms with Crippen molar-refractivity contribution in [2.75, 3.05) is 7.05 Å². The summed E-state index contributed by atoms with van der Waals surface area (Å²) in [6, 6.07) is 13.7. The van der Waals surface area contributed by atoms with Crippen LogP contribution in [0.15, 0.2) is 119 Å². The van der Waals surface area contributed by atoms with Gasteiger partial charge in [0.1, 0.15) is 5.84 Å². The van der Waals surface area contributed by atoms with Crippen LogP contribution in [0, 0.1) is 0 Å². The number of allylic oxidation sites excluding steroid dienone is 12. The Hall–Kier alpha value is -4.56. The van der Waals surface area contributed by atoms with Gasteiger partial charge in [-0.25, -0.2) is 4.99 Å². The van der Waals surface area contributed by atoms with Crippen LogP contribution in [0.1, 0.15) is 83.5 Å². The summed E-state index contributed by atoms with van der Waals surface area (Å²) in [5.41, 5.74) is 16.3. The molecule has 3 aromatic carbocycles. The van der Waals surface area contributed by atoms with Crippen molar-refractivity contribution in [1.82, 2.24) is 0 Å². The summed E-state index contributed by atoms with van der Waals surface area (Å²) in [6.45, 7) is 8.87. The molecule has 4 aliphatic carbocycles. The van der Waals surface area contributed by atoms with Gasteiger partial charge in [0, 0.05) is 24.9 Å². The molecule has 0 fully saturated rings. The van der Waals surface area contributed by atoms with E-state index in [1.807, 2.05) is 7.05 Å². The molecule has 4 aliphatic rings. The van der Waals surface area contributed by atoms with Gasteiger partial charge in [0.25, 0.3) is 0 Å². The zero-order chi connectivity index (χ0) is 30.9. The van der Waals surface area contributed by atoms with Gasteiger partial charge in [-0.15, -0.1) is 0 Å². The van der Waals surface area contributed by atoms with Crippen molar-refractivity contribution in [2.45, 2.75) is 64.7 Å². The minimum atomic E-state index is 0.355. The molecule has 224 valence electrons. The monoisotopic (exact) mass is 586 g/mol. The second kappa shape index (κ2) is 12.4. The molecule has 0 spiro atoms. The van der Waals surface area contributed by atoms with Crippen LogP contribution in [0.4, 0.5) is 0 Å². The number of nitrogens with zero attached hydrogens (tertiary/aromatic N) is 2. The van der Waals surface area contributed by atoms with E-state index in [0.717, 1.165) is 62.1 Å². The summed E-state index contributed by atoms with van der Waals surface area (Å²) in [7, 11) is 1.87. The van der Waals surface area contributed by atoms with Gasteiger partial charge >= 0.3 is 0 Å². The predicted molar refractivity (Wildman–Crippen MR) is 195 cm³/mol. The van der Waals surface area contributed by atoms with Crippen molar-refractivity contribution in [3.8, 4) is 0 Å². The summed E-state index contributed by atoms with van der Waals surface area (Å²) in [5.74, 6) is 1.14. The third kappa shape index (κ3) is 5.17. The molecule has 0 saturated carbocycles. The molecule has 2 nitrogen and oxygen atoms in total. The van der Waals surface area contributed by atoms with E-state index in [-0.39, 0.29) is 0 Å². The average molecular weight is 587 g/mol. The van der Waals surface area contributed by atoms with E-state index in [9.17, 15) is 0 Å². The van der Waals surface area contributed by atoms with E-state index < -0.39 is 0 Å². The van der Waals surface area contributed by atoms with Crippen LogP contribution in [-0.4, -0.2) is 18.6 Å². The molecular formula is C43H42N2. The molecule has 0 radical (unpaired) electrons. The molecule has 1 atom stereocenters. The Kier molecular flexibility index (Phi) is 8.06. The highest BCUT2D eigenvalue weighted by Crippen LogP contribution is 2.50. The smallest absolute Gasteiger partial charge is 0.146 e. The van der Waals surface area contributed by atoms with E-state index in [1.54, 1.807) is 5.57 Å². The normalized spacial score (nSPS) is 18.9. The third-order valence-corrected chi connectivity index (χ3v) is 9.77. The Balaban J connectivity index is 1.48. The van der Waals surface area contributed by atoms with Crippen LogP contribution >= 0.6 is 0 Å². The largest absolute Gasteiger partial charge is 0.270 e. The van der Waals surface area contributed by atoms with E-state index in [1.165, 1.54) is 60.9 Å². The summed E-state index contributed by atoms with van der Waals surface area (Å²) in [6.07, 6.45) is 29.2. The molecule has 0 saturated heterocycles. The lowest BCUT2D eigenvalue weighted by Crippen LogP contribution is -2.25. The van der Waals surface area contributed by atoms with Gasteiger partial charge in [0.2, 0.25) is 0 Å². The molecule has 0 aromatic heterocycles. The van der Waals surface area contributed by atoms with E-state index >= 15 is 0 Å². The molecule has 0 amide bonds. The first-order valence-corrected chi connectivity index (χ1v) is 16.6. The number of benzene rings is 3. The molecule has 0 N–H and O–H groups in total. The van der Waals surface area contributed by atoms with Crippen molar-refractivity contribution in [1.29, 1.82) is 0 Å². The van der Waals surface area contributed by atoms with E-state index in [0.29, 0.717) is 5.92 Å². The maximum absolute atomic E-state index is 5.45. The molecule has 45 heavy (non-hydrogen) atoms. The number of amidine groups is 1. The van der Waals surface area contributed by atoms with Gasteiger partial charge in [-0.1, -0.05) is 117 Å². The fourth-order valence-corrected chi connectivity index (χ4v) is 7.73. The molecule has 0 bridgehead atoms. The van der Waals surface area contributed by atoms with Crippen molar-refractivity contribution >= 4 is 33.5 Å². The minimum absolute atomic E-state index is 0.355. The highest BCUT2D eigenvalue weighted by atomic mass is 14.9. The van der Waals surface area contributed by atoms with Gasteiger partial charge in [-0.3, -0.25) is 4.99 Å². The second-order valence-corrected chi connectivity index (χ2v) is 12.6. The highest BCUT2D eigenvalue weighted by Gasteiger charge is 2.35. The lowest BCUT2D eigenvalue weighted by Gasteiger charge is -2.36. The standard InChI is InChI=1S/C43H42N2/c1-5-7-9-16-32-26-36-42(32)39-28(3)15-11-17-29-18-13-23-35(41(29)39)43(36)37(45-38(44-4)24-10-8-6-2)27-33-21-12-20-31-25-30-19-14-22-34(30)40(31)33/h5,7,9-16,18,20-24,32H,3,6,8,17,19,25-27H2,1-2,4H3/b7-5-,16-9-,24-10-,44-38-,45-37+. The van der Waals surface area contributed by atoms with Crippen molar-refractivity contribution < 1.29 is 0 Å². The SMILES string of the molecule is C=C1C=CCc2cccc3c(/C(Cc4cccc5c4C4=C(CC=C4)C5)=N/C(/C=C\CCC)=N\C)c4c(c1c23)C(/C=C\C=C/C)C4. The first-order valence-electron chi connectivity index (χ1n) is 16.6. The number of hydrogen-bond acceptors (Lipinski definition) is 1. The lowest BCUT2D eigenvalue weighted by molar-refractivity contribution is 0.730. The molecule has 2 heteroatoms. The molecule has 0 aliphatic heterocycles. The predicted octanol–water partition coefficient (Wildman–Crippen LogP) is 10.4. The van der Waals surface area contributed by atoms with Crippen LogP contribution < -0.4 is 0 Å². The number of aliphatic imine (C=N–C) groups is 2. The highest BCUT2D eigenvalue weighted by molar-refractivity contribution is 6.20. The second-order valence-electron chi connectivity index (χ2n) is 12.6. The van der Waals surface area contributed by atoms with Crippen LogP contribution in [-0.2, 0) is 25.7 Å². The van der Waals surface area contributed by atoms with E-state index in [4.69, 9.17) is 4.99 Å². The molecule has 0 heterocycles. The van der Waals surface area contributed by atoms with Gasteiger partial charge in [-0.05, 0) is 106 Å². The van der Waals surface area contributed by atoms with Crippen LogP contribution in [0.5, 0.6) is 0 Å². The van der Waals surface area contributed by atoms with Gasteiger partial charge in [0.05, 0.1) is 5.71 Å². The fraction of sp³-hybridized carbons (Fsp3) is 0.256. The summed E-state index contributed by atoms with van der Waals surface area (Å²) >= 11 is 0. The Morgan fingerprint density at radius 1 is 1.00 bits per heavy atom. The zero-order valence-electron chi connectivity index (χ0n) is 26.9. The van der Waals surface area contributed by atoms with Gasteiger partial charge in [-0.2, -0.15) is 0 Å². The first kappa shape index (κ1) is 29.2. The minimum Gasteiger partial charge on any atom is -0.270 e. The number of unbranched alkanes of at least 4 members (excludes halogenated alkanes) is 1. The van der Waals surface area contributed by atoms with Gasteiger partial charge < -0.3 is 0 Å². The quantitative estimate of drug-likeness (QED) is 0.143. The topological polar surface area (TPSA) is 24.7 Å². The molecule has 3 aromatic rings. The Morgan fingerprint density at radius 2 is 1.84 bits per heavy atom. The van der Waals surface area contributed by atoms with Crippen molar-refractivity contribution in [3.05, 3.63) is 154 Å². The first-order chi connectivity index (χ1) is 22.1. The summed E-state index contributed by atoms with van der Waals surface area (Å²) in [5, 5.41) is 2.64. The van der Waals surface area contributed by atoms with Crippen molar-refractivity contribution in [3.63, 3.8) is 0 Å². The Labute approximate surface area is 268 Å².